The highest BCUT2D eigenvalue weighted by atomic mass is 32.2. The van der Waals surface area contributed by atoms with E-state index >= 15 is 0 Å². The number of sulfone groups is 1. The maximum Gasteiger partial charge on any atom is 0.175 e. The van der Waals surface area contributed by atoms with Gasteiger partial charge >= 0.3 is 0 Å². The van der Waals surface area contributed by atoms with Crippen molar-refractivity contribution in [2.24, 2.45) is 0 Å². The van der Waals surface area contributed by atoms with Gasteiger partial charge in [0.15, 0.2) is 9.84 Å². The van der Waals surface area contributed by atoms with Crippen LogP contribution < -0.4 is 15.4 Å². The first-order chi connectivity index (χ1) is 14.5. The molecule has 0 spiro atoms. The zero-order valence-electron chi connectivity index (χ0n) is 17.0. The monoisotopic (exact) mass is 423 g/mol. The SMILES string of the molecule is COc1ccc(CNCC2Nc3ncccc3C2c2ccc(S(C)(=O)=O)cc2)cc1. The van der Waals surface area contributed by atoms with Gasteiger partial charge in [-0.2, -0.15) is 0 Å². The van der Waals surface area contributed by atoms with Crippen molar-refractivity contribution in [2.45, 2.75) is 23.4 Å². The van der Waals surface area contributed by atoms with Crippen molar-refractivity contribution in [2.75, 3.05) is 25.2 Å². The lowest BCUT2D eigenvalue weighted by atomic mass is 9.88. The lowest BCUT2D eigenvalue weighted by molar-refractivity contribution is 0.414. The van der Waals surface area contributed by atoms with E-state index in [1.165, 1.54) is 11.8 Å². The van der Waals surface area contributed by atoms with Gasteiger partial charge in [0, 0.05) is 37.0 Å². The van der Waals surface area contributed by atoms with Gasteiger partial charge < -0.3 is 15.4 Å². The molecule has 1 aliphatic rings. The van der Waals surface area contributed by atoms with Crippen molar-refractivity contribution in [1.82, 2.24) is 10.3 Å². The van der Waals surface area contributed by atoms with Crippen LogP contribution in [-0.2, 0) is 16.4 Å². The molecule has 3 aromatic rings. The molecule has 2 N–H and O–H groups in total. The highest BCUT2D eigenvalue weighted by Crippen LogP contribution is 2.39. The molecule has 2 atom stereocenters. The fourth-order valence-corrected chi connectivity index (χ4v) is 4.51. The molecule has 0 fully saturated rings. The summed E-state index contributed by atoms with van der Waals surface area (Å²) in [5, 5.41) is 7.04. The number of hydrogen-bond donors (Lipinski definition) is 2. The summed E-state index contributed by atoms with van der Waals surface area (Å²) < 4.78 is 28.8. The molecule has 0 radical (unpaired) electrons. The standard InChI is InChI=1S/C23H25N3O3S/c1-29-18-9-5-16(6-10-18)14-24-15-21-22(20-4-3-13-25-23(20)26-21)17-7-11-19(12-8-17)30(2,27)28/h3-13,21-22,24H,14-15H2,1-2H3,(H,25,26). The molecule has 0 amide bonds. The van der Waals surface area contributed by atoms with E-state index in [9.17, 15) is 8.42 Å². The first-order valence-corrected chi connectivity index (χ1v) is 11.7. The molecule has 4 rings (SSSR count). The number of pyridine rings is 1. The van der Waals surface area contributed by atoms with Crippen LogP contribution in [0.4, 0.5) is 5.82 Å². The Labute approximate surface area is 177 Å². The predicted molar refractivity (Wildman–Crippen MR) is 118 cm³/mol. The normalized spacial score (nSPS) is 17.9. The van der Waals surface area contributed by atoms with Gasteiger partial charge in [-0.05, 0) is 41.5 Å². The zero-order chi connectivity index (χ0) is 21.1. The van der Waals surface area contributed by atoms with Crippen molar-refractivity contribution in [3.05, 3.63) is 83.6 Å². The van der Waals surface area contributed by atoms with E-state index < -0.39 is 9.84 Å². The van der Waals surface area contributed by atoms with Crippen LogP contribution in [0.5, 0.6) is 5.75 Å². The Morgan fingerprint density at radius 3 is 2.47 bits per heavy atom. The van der Waals surface area contributed by atoms with Gasteiger partial charge in [0.05, 0.1) is 18.0 Å². The third kappa shape index (κ3) is 4.32. The van der Waals surface area contributed by atoms with E-state index in [0.29, 0.717) is 4.90 Å². The second-order valence-electron chi connectivity index (χ2n) is 7.49. The van der Waals surface area contributed by atoms with E-state index in [4.69, 9.17) is 4.74 Å². The van der Waals surface area contributed by atoms with Gasteiger partial charge in [0.1, 0.15) is 11.6 Å². The molecule has 2 heterocycles. The number of ether oxygens (including phenoxy) is 1. The summed E-state index contributed by atoms with van der Waals surface area (Å²) in [4.78, 5) is 4.81. The Hall–Kier alpha value is -2.90. The van der Waals surface area contributed by atoms with E-state index in [-0.39, 0.29) is 12.0 Å². The molecule has 0 aliphatic carbocycles. The first kappa shape index (κ1) is 20.4. The summed E-state index contributed by atoms with van der Waals surface area (Å²) in [5.74, 6) is 1.81. The number of nitrogens with zero attached hydrogens (tertiary/aromatic N) is 1. The van der Waals surface area contributed by atoms with Crippen LogP contribution in [0.25, 0.3) is 0 Å². The summed E-state index contributed by atoms with van der Waals surface area (Å²) in [5.41, 5.74) is 3.37. The quantitative estimate of drug-likeness (QED) is 0.607. The smallest absolute Gasteiger partial charge is 0.175 e. The predicted octanol–water partition coefficient (Wildman–Crippen LogP) is 3.21. The molecule has 2 aromatic carbocycles. The summed E-state index contributed by atoms with van der Waals surface area (Å²) >= 11 is 0. The van der Waals surface area contributed by atoms with Crippen LogP contribution in [0, 0.1) is 0 Å². The van der Waals surface area contributed by atoms with Crippen LogP contribution in [0.2, 0.25) is 0 Å². The molecule has 6 nitrogen and oxygen atoms in total. The fourth-order valence-electron chi connectivity index (χ4n) is 3.88. The van der Waals surface area contributed by atoms with Gasteiger partial charge in [-0.25, -0.2) is 13.4 Å². The van der Waals surface area contributed by atoms with Crippen LogP contribution in [0.3, 0.4) is 0 Å². The Morgan fingerprint density at radius 2 is 1.80 bits per heavy atom. The maximum absolute atomic E-state index is 11.8. The Balaban J connectivity index is 1.51. The Bertz CT molecular complexity index is 1110. The number of nitrogens with one attached hydrogen (secondary N) is 2. The molecular formula is C23H25N3O3S. The van der Waals surface area contributed by atoms with Crippen molar-refractivity contribution >= 4 is 15.7 Å². The van der Waals surface area contributed by atoms with E-state index in [1.807, 2.05) is 42.5 Å². The van der Waals surface area contributed by atoms with Crippen LogP contribution >= 0.6 is 0 Å². The third-order valence-corrected chi connectivity index (χ3v) is 6.55. The molecule has 1 aliphatic heterocycles. The third-order valence-electron chi connectivity index (χ3n) is 5.42. The number of benzene rings is 2. The maximum atomic E-state index is 11.8. The van der Waals surface area contributed by atoms with E-state index in [0.717, 1.165) is 35.8 Å². The van der Waals surface area contributed by atoms with Crippen LogP contribution in [-0.4, -0.2) is 39.4 Å². The second-order valence-corrected chi connectivity index (χ2v) is 9.51. The molecule has 0 saturated carbocycles. The topological polar surface area (TPSA) is 80.3 Å². The summed E-state index contributed by atoms with van der Waals surface area (Å²) in [6, 6.07) is 19.3. The lowest BCUT2D eigenvalue weighted by Crippen LogP contribution is -2.34. The minimum Gasteiger partial charge on any atom is -0.497 e. The van der Waals surface area contributed by atoms with Gasteiger partial charge in [0.2, 0.25) is 0 Å². The highest BCUT2D eigenvalue weighted by molar-refractivity contribution is 7.90. The van der Waals surface area contributed by atoms with Gasteiger partial charge in [-0.3, -0.25) is 0 Å². The minimum absolute atomic E-state index is 0.0886. The molecular weight excluding hydrogens is 398 g/mol. The van der Waals surface area contributed by atoms with Crippen molar-refractivity contribution in [3.63, 3.8) is 0 Å². The summed E-state index contributed by atoms with van der Waals surface area (Å²) in [7, 11) is -1.56. The summed E-state index contributed by atoms with van der Waals surface area (Å²) in [6.07, 6.45) is 3.01. The van der Waals surface area contributed by atoms with Crippen molar-refractivity contribution < 1.29 is 13.2 Å². The molecule has 1 aromatic heterocycles. The van der Waals surface area contributed by atoms with Gasteiger partial charge in [-0.1, -0.05) is 30.3 Å². The molecule has 7 heteroatoms. The Kier molecular flexibility index (Phi) is 5.74. The van der Waals surface area contributed by atoms with E-state index in [1.54, 1.807) is 25.4 Å². The number of rotatable bonds is 7. The zero-order valence-corrected chi connectivity index (χ0v) is 17.8. The van der Waals surface area contributed by atoms with Crippen LogP contribution in [0.15, 0.2) is 71.8 Å². The lowest BCUT2D eigenvalue weighted by Gasteiger charge is -2.21. The number of hydrogen-bond acceptors (Lipinski definition) is 6. The van der Waals surface area contributed by atoms with Crippen molar-refractivity contribution in [3.8, 4) is 5.75 Å². The number of methoxy groups -OCH3 is 1. The molecule has 156 valence electrons. The summed E-state index contributed by atoms with van der Waals surface area (Å²) in [6.45, 7) is 1.48. The molecule has 30 heavy (non-hydrogen) atoms. The number of fused-ring (bicyclic) bond motifs is 1. The number of aromatic nitrogens is 1. The van der Waals surface area contributed by atoms with Crippen molar-refractivity contribution in [1.29, 1.82) is 0 Å². The van der Waals surface area contributed by atoms with Crippen LogP contribution in [0.1, 0.15) is 22.6 Å². The fraction of sp³-hybridized carbons (Fsp3) is 0.261. The Morgan fingerprint density at radius 1 is 1.07 bits per heavy atom. The second kappa shape index (κ2) is 8.45. The average Bonchev–Trinajstić information content (AvgIpc) is 3.12. The van der Waals surface area contributed by atoms with E-state index in [2.05, 4.69) is 21.7 Å². The van der Waals surface area contributed by atoms with Gasteiger partial charge in [-0.15, -0.1) is 0 Å². The van der Waals surface area contributed by atoms with Gasteiger partial charge in [0.25, 0.3) is 0 Å². The largest absolute Gasteiger partial charge is 0.497 e. The molecule has 0 bridgehead atoms. The highest BCUT2D eigenvalue weighted by Gasteiger charge is 2.33. The first-order valence-electron chi connectivity index (χ1n) is 9.81. The number of anilines is 1. The molecule has 0 saturated heterocycles. The average molecular weight is 424 g/mol. The molecule has 2 unspecified atom stereocenters. The minimum atomic E-state index is -3.22.